The number of ether oxygens (including phenoxy) is 1. The van der Waals surface area contributed by atoms with Crippen molar-refractivity contribution in [3.05, 3.63) is 32.6 Å². The van der Waals surface area contributed by atoms with Gasteiger partial charge in [-0.1, -0.05) is 26.2 Å². The first-order valence-electron chi connectivity index (χ1n) is 8.59. The van der Waals surface area contributed by atoms with E-state index in [0.29, 0.717) is 12.0 Å². The Kier molecular flexibility index (Phi) is 7.33. The first-order chi connectivity index (χ1) is 12.2. The number of aliphatic hydroxyl groups excluding tert-OH is 1. The molecule has 1 saturated heterocycles. The molecule has 1 aromatic rings. The fourth-order valence-electron chi connectivity index (χ4n) is 2.87. The molecule has 0 bridgehead atoms. The molecule has 0 unspecified atom stereocenters. The minimum absolute atomic E-state index is 0.0381. The van der Waals surface area contributed by atoms with Gasteiger partial charge in [0.2, 0.25) is 0 Å². The third-order valence-electron chi connectivity index (χ3n) is 4.26. The summed E-state index contributed by atoms with van der Waals surface area (Å²) in [5.41, 5.74) is -0.655. The maximum absolute atomic E-state index is 12.1. The van der Waals surface area contributed by atoms with E-state index in [0.717, 1.165) is 25.7 Å². The molecule has 0 aliphatic carbocycles. The van der Waals surface area contributed by atoms with Crippen LogP contribution >= 0.6 is 7.82 Å². The fraction of sp³-hybridized carbons (Fsp3) is 0.733. The largest absolute Gasteiger partial charge is 0.469 e. The third kappa shape index (κ3) is 5.87. The lowest BCUT2D eigenvalue weighted by Gasteiger charge is -2.17. The maximum atomic E-state index is 12.1. The van der Waals surface area contributed by atoms with Crippen molar-refractivity contribution in [1.82, 2.24) is 9.55 Å². The minimum atomic E-state index is -4.69. The monoisotopic (exact) mass is 392 g/mol. The molecule has 26 heavy (non-hydrogen) atoms. The predicted molar refractivity (Wildman–Crippen MR) is 91.7 cm³/mol. The second-order valence-corrected chi connectivity index (χ2v) is 7.59. The van der Waals surface area contributed by atoms with Crippen LogP contribution in [0.5, 0.6) is 0 Å². The van der Waals surface area contributed by atoms with Crippen molar-refractivity contribution in [2.75, 3.05) is 6.61 Å². The molecule has 0 saturated carbocycles. The van der Waals surface area contributed by atoms with Crippen molar-refractivity contribution in [3.63, 3.8) is 0 Å². The van der Waals surface area contributed by atoms with E-state index in [1.165, 1.54) is 10.8 Å². The highest BCUT2D eigenvalue weighted by molar-refractivity contribution is 7.46. The minimum Gasteiger partial charge on any atom is -0.390 e. The molecule has 0 spiro atoms. The zero-order valence-electron chi connectivity index (χ0n) is 14.5. The number of phosphoric acid groups is 1. The lowest BCUT2D eigenvalue weighted by Crippen LogP contribution is -2.34. The van der Waals surface area contributed by atoms with Crippen molar-refractivity contribution in [2.45, 2.75) is 63.9 Å². The summed E-state index contributed by atoms with van der Waals surface area (Å²) < 4.78 is 21.8. The van der Waals surface area contributed by atoms with E-state index in [4.69, 9.17) is 14.5 Å². The van der Waals surface area contributed by atoms with E-state index in [1.54, 1.807) is 0 Å². The Balaban J connectivity index is 2.09. The van der Waals surface area contributed by atoms with Gasteiger partial charge in [-0.3, -0.25) is 18.9 Å². The normalized spacial score (nSPS) is 23.5. The zero-order chi connectivity index (χ0) is 19.3. The summed E-state index contributed by atoms with van der Waals surface area (Å²) in [7, 11) is -4.69. The third-order valence-corrected chi connectivity index (χ3v) is 4.75. The highest BCUT2D eigenvalue weighted by atomic mass is 31.2. The van der Waals surface area contributed by atoms with E-state index in [2.05, 4.69) is 16.4 Å². The Morgan fingerprint density at radius 3 is 2.73 bits per heavy atom. The number of H-pyrrole nitrogens is 1. The van der Waals surface area contributed by atoms with Gasteiger partial charge >= 0.3 is 13.5 Å². The Labute approximate surface area is 150 Å². The number of aromatic nitrogens is 2. The number of phosphoric ester groups is 1. The van der Waals surface area contributed by atoms with Crippen molar-refractivity contribution >= 4 is 7.82 Å². The Morgan fingerprint density at radius 1 is 1.35 bits per heavy atom. The summed E-state index contributed by atoms with van der Waals surface area (Å²) in [4.78, 5) is 43.7. The standard InChI is InChI=1S/C15H25N2O8P/c1-2-3-4-5-6-10-8-17(15(20)16-14(10)19)13-7-11(18)12(25-13)9-24-26(21,22)23/h8,11-13,18H,2-7,9H2,1H3,(H,16,19,20)(H2,21,22,23)/t11-,12+,13+/m0/s1. The number of hydrogen-bond donors (Lipinski definition) is 4. The molecule has 0 radical (unpaired) electrons. The van der Waals surface area contributed by atoms with E-state index in [-0.39, 0.29) is 6.42 Å². The van der Waals surface area contributed by atoms with Crippen molar-refractivity contribution in [1.29, 1.82) is 0 Å². The van der Waals surface area contributed by atoms with Crippen LogP contribution in [-0.4, -0.2) is 43.3 Å². The number of hydrogen-bond acceptors (Lipinski definition) is 6. The summed E-state index contributed by atoms with van der Waals surface area (Å²) in [6.45, 7) is 1.58. The SMILES string of the molecule is CCCCCCc1cn([C@H]2C[C@H](O)[C@@H](COP(=O)(O)O)O2)c(=O)[nH]c1=O. The summed E-state index contributed by atoms with van der Waals surface area (Å²) in [6.07, 6.45) is 3.03. The number of nitrogens with one attached hydrogen (secondary N) is 1. The molecule has 1 aliphatic heterocycles. The van der Waals surface area contributed by atoms with Gasteiger partial charge in [0, 0.05) is 18.2 Å². The average molecular weight is 392 g/mol. The average Bonchev–Trinajstić information content (AvgIpc) is 2.91. The van der Waals surface area contributed by atoms with Gasteiger partial charge in [0.05, 0.1) is 12.7 Å². The molecule has 3 atom stereocenters. The van der Waals surface area contributed by atoms with Gasteiger partial charge in [-0.25, -0.2) is 9.36 Å². The molecule has 4 N–H and O–H groups in total. The zero-order valence-corrected chi connectivity index (χ0v) is 15.4. The van der Waals surface area contributed by atoms with Crippen LogP contribution in [-0.2, 0) is 20.2 Å². The highest BCUT2D eigenvalue weighted by Crippen LogP contribution is 2.38. The first-order valence-corrected chi connectivity index (χ1v) is 10.1. The van der Waals surface area contributed by atoms with Crippen molar-refractivity contribution in [3.8, 4) is 0 Å². The molecule has 11 heteroatoms. The number of rotatable bonds is 9. The highest BCUT2D eigenvalue weighted by Gasteiger charge is 2.37. The van der Waals surface area contributed by atoms with E-state index in [1.807, 2.05) is 0 Å². The van der Waals surface area contributed by atoms with Crippen molar-refractivity contribution in [2.24, 2.45) is 0 Å². The van der Waals surface area contributed by atoms with Gasteiger partial charge in [0.25, 0.3) is 5.56 Å². The van der Waals surface area contributed by atoms with Crippen LogP contribution in [0.3, 0.4) is 0 Å². The van der Waals surface area contributed by atoms with Crippen LogP contribution in [0.4, 0.5) is 0 Å². The van der Waals surface area contributed by atoms with Gasteiger partial charge in [-0.05, 0) is 12.8 Å². The van der Waals surface area contributed by atoms with Gasteiger partial charge in [-0.2, -0.15) is 0 Å². The second-order valence-electron chi connectivity index (χ2n) is 6.35. The number of nitrogens with zero attached hydrogens (tertiary/aromatic N) is 1. The molecule has 0 amide bonds. The molecule has 2 rings (SSSR count). The van der Waals surface area contributed by atoms with Crippen LogP contribution in [0.1, 0.15) is 50.8 Å². The lowest BCUT2D eigenvalue weighted by molar-refractivity contribution is -0.0451. The van der Waals surface area contributed by atoms with Crippen LogP contribution in [0.25, 0.3) is 0 Å². The molecule has 1 aliphatic rings. The Bertz CT molecular complexity index is 755. The lowest BCUT2D eigenvalue weighted by atomic mass is 10.1. The van der Waals surface area contributed by atoms with E-state index < -0.39 is 44.1 Å². The molecule has 1 aromatic heterocycles. The van der Waals surface area contributed by atoms with Crippen LogP contribution in [0.2, 0.25) is 0 Å². The van der Waals surface area contributed by atoms with Gasteiger partial charge < -0.3 is 19.6 Å². The Hall–Kier alpha value is -1.29. The fourth-order valence-corrected chi connectivity index (χ4v) is 3.21. The topological polar surface area (TPSA) is 151 Å². The van der Waals surface area contributed by atoms with E-state index >= 15 is 0 Å². The van der Waals surface area contributed by atoms with Gasteiger partial charge in [0.1, 0.15) is 12.3 Å². The molecule has 2 heterocycles. The van der Waals surface area contributed by atoms with Gasteiger partial charge in [0.15, 0.2) is 0 Å². The quantitative estimate of drug-likeness (QED) is 0.349. The summed E-state index contributed by atoms with van der Waals surface area (Å²) in [5, 5.41) is 9.99. The predicted octanol–water partition coefficient (Wildman–Crippen LogP) is 0.417. The second kappa shape index (κ2) is 9.07. The molecular weight excluding hydrogens is 367 g/mol. The number of aromatic amines is 1. The summed E-state index contributed by atoms with van der Waals surface area (Å²) in [5.74, 6) is 0. The summed E-state index contributed by atoms with van der Waals surface area (Å²) >= 11 is 0. The van der Waals surface area contributed by atoms with E-state index in [9.17, 15) is 19.3 Å². The molecule has 10 nitrogen and oxygen atoms in total. The smallest absolute Gasteiger partial charge is 0.390 e. The molecule has 148 valence electrons. The Morgan fingerprint density at radius 2 is 2.08 bits per heavy atom. The summed E-state index contributed by atoms with van der Waals surface area (Å²) in [6, 6.07) is 0. The van der Waals surface area contributed by atoms with Crippen LogP contribution in [0, 0.1) is 0 Å². The molecular formula is C15H25N2O8P. The van der Waals surface area contributed by atoms with Crippen molar-refractivity contribution < 1.29 is 28.7 Å². The first kappa shape index (κ1) is 21.0. The number of aliphatic hydroxyl groups is 1. The number of unbranched alkanes of at least 4 members (excludes halogenated alkanes) is 3. The molecule has 1 fully saturated rings. The number of aryl methyl sites for hydroxylation is 1. The van der Waals surface area contributed by atoms with Crippen LogP contribution < -0.4 is 11.2 Å². The van der Waals surface area contributed by atoms with Gasteiger partial charge in [-0.15, -0.1) is 0 Å². The maximum Gasteiger partial charge on any atom is 0.469 e. The van der Waals surface area contributed by atoms with Crippen LogP contribution in [0.15, 0.2) is 15.8 Å². The molecule has 0 aromatic carbocycles.